The topological polar surface area (TPSA) is 110 Å². The zero-order chi connectivity index (χ0) is 24.8. The van der Waals surface area contributed by atoms with Crippen molar-refractivity contribution in [3.8, 4) is 11.1 Å². The van der Waals surface area contributed by atoms with Crippen molar-refractivity contribution in [2.24, 2.45) is 11.3 Å². The minimum Gasteiger partial charge on any atom is -0.345 e. The summed E-state index contributed by atoms with van der Waals surface area (Å²) in [5.74, 6) is 0.902. The second kappa shape index (κ2) is 8.59. The molecule has 2 fully saturated rings. The van der Waals surface area contributed by atoms with E-state index in [9.17, 15) is 9.59 Å². The highest BCUT2D eigenvalue weighted by Gasteiger charge is 2.60. The molecule has 8 nitrogen and oxygen atoms in total. The van der Waals surface area contributed by atoms with Crippen LogP contribution in [0.15, 0.2) is 41.1 Å². The van der Waals surface area contributed by atoms with Crippen LogP contribution in [0.4, 0.5) is 5.82 Å². The molecule has 182 valence electrons. The number of nitrogens with one attached hydrogen (secondary N) is 2. The van der Waals surface area contributed by atoms with Crippen molar-refractivity contribution >= 4 is 17.6 Å². The minimum absolute atomic E-state index is 0.0324. The van der Waals surface area contributed by atoms with Crippen LogP contribution in [-0.2, 0) is 16.8 Å². The van der Waals surface area contributed by atoms with Crippen molar-refractivity contribution in [3.05, 3.63) is 59.4 Å². The zero-order valence-electron chi connectivity index (χ0n) is 20.6. The lowest BCUT2D eigenvalue weighted by Crippen LogP contribution is -2.24. The predicted molar refractivity (Wildman–Crippen MR) is 132 cm³/mol. The molecule has 1 aromatic carbocycles. The van der Waals surface area contributed by atoms with Crippen molar-refractivity contribution < 1.29 is 14.1 Å². The Morgan fingerprint density at radius 3 is 2.54 bits per heavy atom. The number of hydrogen-bond acceptors (Lipinski definition) is 6. The van der Waals surface area contributed by atoms with E-state index in [-0.39, 0.29) is 29.0 Å². The Bertz CT molecular complexity index is 1290. The average Bonchev–Trinajstić information content (AvgIpc) is 3.38. The maximum Gasteiger partial charge on any atom is 0.292 e. The lowest BCUT2D eigenvalue weighted by Gasteiger charge is -2.26. The summed E-state index contributed by atoms with van der Waals surface area (Å²) < 4.78 is 5.21. The standard InChI is InChI=1S/C27H31N5O3/c1-16-12-17(6-7-19(16)15-29-24(34)22-31-25(35-32-22)26(2,3)4)18-8-11-28-21(13-18)30-23(33)20-14-27(20)9-5-10-27/h6-8,11-13,20H,5,9-10,14-15H2,1-4H3,(H,29,34)(H,28,30,33). The van der Waals surface area contributed by atoms with E-state index >= 15 is 0 Å². The molecule has 2 saturated carbocycles. The summed E-state index contributed by atoms with van der Waals surface area (Å²) in [5.41, 5.74) is 4.00. The van der Waals surface area contributed by atoms with E-state index in [2.05, 4.69) is 31.8 Å². The highest BCUT2D eigenvalue weighted by molar-refractivity contribution is 5.95. The second-order valence-corrected chi connectivity index (χ2v) is 10.9. The summed E-state index contributed by atoms with van der Waals surface area (Å²) in [7, 11) is 0. The van der Waals surface area contributed by atoms with Crippen molar-refractivity contribution in [2.75, 3.05) is 5.32 Å². The van der Waals surface area contributed by atoms with Crippen molar-refractivity contribution in [3.63, 3.8) is 0 Å². The lowest BCUT2D eigenvalue weighted by molar-refractivity contribution is -0.118. The van der Waals surface area contributed by atoms with Gasteiger partial charge in [-0.05, 0) is 66.0 Å². The lowest BCUT2D eigenvalue weighted by atomic mass is 9.80. The molecule has 1 atom stereocenters. The van der Waals surface area contributed by atoms with Gasteiger partial charge in [0.1, 0.15) is 5.82 Å². The summed E-state index contributed by atoms with van der Waals surface area (Å²) in [6.45, 7) is 8.20. The van der Waals surface area contributed by atoms with E-state index < -0.39 is 0 Å². The Labute approximate surface area is 204 Å². The molecule has 2 aliphatic rings. The van der Waals surface area contributed by atoms with Crippen LogP contribution in [0.1, 0.15) is 74.1 Å². The van der Waals surface area contributed by atoms with Crippen LogP contribution in [0.25, 0.3) is 11.1 Å². The predicted octanol–water partition coefficient (Wildman–Crippen LogP) is 4.80. The average molecular weight is 474 g/mol. The highest BCUT2D eigenvalue weighted by Crippen LogP contribution is 2.65. The molecule has 2 aromatic heterocycles. The van der Waals surface area contributed by atoms with Gasteiger partial charge in [-0.3, -0.25) is 9.59 Å². The van der Waals surface area contributed by atoms with Crippen LogP contribution in [-0.4, -0.2) is 26.9 Å². The largest absolute Gasteiger partial charge is 0.345 e. The van der Waals surface area contributed by atoms with Gasteiger partial charge in [-0.2, -0.15) is 4.98 Å². The first-order valence-corrected chi connectivity index (χ1v) is 12.1. The Hall–Kier alpha value is -3.55. The van der Waals surface area contributed by atoms with Gasteiger partial charge in [0.15, 0.2) is 0 Å². The Balaban J connectivity index is 1.22. The van der Waals surface area contributed by atoms with Gasteiger partial charge in [0, 0.05) is 24.1 Å². The third-order valence-corrected chi connectivity index (χ3v) is 7.25. The molecular weight excluding hydrogens is 442 g/mol. The smallest absolute Gasteiger partial charge is 0.292 e. The summed E-state index contributed by atoms with van der Waals surface area (Å²) in [6, 6.07) is 9.90. The SMILES string of the molecule is Cc1cc(-c2ccnc(NC(=O)C3CC34CCC4)c2)ccc1CNC(=O)c1noc(C(C)(C)C)n1. The zero-order valence-corrected chi connectivity index (χ0v) is 20.6. The van der Waals surface area contributed by atoms with Crippen LogP contribution >= 0.6 is 0 Å². The molecule has 0 saturated heterocycles. The summed E-state index contributed by atoms with van der Waals surface area (Å²) in [5, 5.41) is 9.66. The maximum absolute atomic E-state index is 12.6. The molecule has 0 aliphatic heterocycles. The third kappa shape index (κ3) is 4.70. The number of anilines is 1. The molecule has 5 rings (SSSR count). The molecule has 1 unspecified atom stereocenters. The molecular formula is C27H31N5O3. The fraction of sp³-hybridized carbons (Fsp3) is 0.444. The van der Waals surface area contributed by atoms with E-state index in [1.807, 2.05) is 52.0 Å². The highest BCUT2D eigenvalue weighted by atomic mass is 16.5. The molecule has 35 heavy (non-hydrogen) atoms. The van der Waals surface area contributed by atoms with Gasteiger partial charge in [-0.25, -0.2) is 4.98 Å². The van der Waals surface area contributed by atoms with E-state index in [4.69, 9.17) is 4.52 Å². The van der Waals surface area contributed by atoms with Gasteiger partial charge in [-0.1, -0.05) is 50.5 Å². The Morgan fingerprint density at radius 1 is 1.14 bits per heavy atom. The van der Waals surface area contributed by atoms with Crippen LogP contribution in [0, 0.1) is 18.3 Å². The van der Waals surface area contributed by atoms with Crippen LogP contribution in [0.3, 0.4) is 0 Å². The minimum atomic E-state index is -0.374. The van der Waals surface area contributed by atoms with Crippen molar-refractivity contribution in [1.82, 2.24) is 20.4 Å². The molecule has 2 N–H and O–H groups in total. The number of aromatic nitrogens is 3. The van der Waals surface area contributed by atoms with Gasteiger partial charge >= 0.3 is 0 Å². The molecule has 1 spiro atoms. The molecule has 0 bridgehead atoms. The van der Waals surface area contributed by atoms with E-state index in [1.165, 1.54) is 19.3 Å². The van der Waals surface area contributed by atoms with Gasteiger partial charge < -0.3 is 15.2 Å². The number of hydrogen-bond donors (Lipinski definition) is 2. The summed E-state index contributed by atoms with van der Waals surface area (Å²) in [6.07, 6.45) is 6.33. The van der Waals surface area contributed by atoms with E-state index in [1.54, 1.807) is 6.20 Å². The molecule has 3 aromatic rings. The molecule has 2 heterocycles. The number of carbonyl (C=O) groups excluding carboxylic acids is 2. The summed E-state index contributed by atoms with van der Waals surface area (Å²) in [4.78, 5) is 33.6. The fourth-order valence-electron chi connectivity index (χ4n) is 4.74. The third-order valence-electron chi connectivity index (χ3n) is 7.25. The number of pyridine rings is 1. The van der Waals surface area contributed by atoms with E-state index in [0.29, 0.717) is 23.7 Å². The molecule has 2 amide bonds. The quantitative estimate of drug-likeness (QED) is 0.532. The fourth-order valence-corrected chi connectivity index (χ4v) is 4.74. The maximum atomic E-state index is 12.6. The Kier molecular flexibility index (Phi) is 5.69. The van der Waals surface area contributed by atoms with Crippen LogP contribution < -0.4 is 10.6 Å². The van der Waals surface area contributed by atoms with E-state index in [0.717, 1.165) is 28.7 Å². The monoisotopic (exact) mass is 473 g/mol. The Morgan fingerprint density at radius 2 is 1.91 bits per heavy atom. The number of aryl methyl sites for hydroxylation is 1. The molecule has 2 aliphatic carbocycles. The summed E-state index contributed by atoms with van der Waals surface area (Å²) >= 11 is 0. The van der Waals surface area contributed by atoms with Gasteiger partial charge in [0.2, 0.25) is 11.8 Å². The first kappa shape index (κ1) is 23.2. The van der Waals surface area contributed by atoms with Crippen molar-refractivity contribution in [1.29, 1.82) is 0 Å². The number of amides is 2. The molecule has 8 heteroatoms. The number of carbonyl (C=O) groups is 2. The van der Waals surface area contributed by atoms with Gasteiger partial charge in [0.05, 0.1) is 0 Å². The number of nitrogens with zero attached hydrogens (tertiary/aromatic N) is 3. The second-order valence-electron chi connectivity index (χ2n) is 10.9. The van der Waals surface area contributed by atoms with Crippen LogP contribution in [0.2, 0.25) is 0 Å². The van der Waals surface area contributed by atoms with Crippen molar-refractivity contribution in [2.45, 2.75) is 65.3 Å². The molecule has 0 radical (unpaired) electrons. The first-order chi connectivity index (χ1) is 16.6. The first-order valence-electron chi connectivity index (χ1n) is 12.1. The van der Waals surface area contributed by atoms with Gasteiger partial charge in [0.25, 0.3) is 11.7 Å². The van der Waals surface area contributed by atoms with Crippen LogP contribution in [0.5, 0.6) is 0 Å². The number of benzene rings is 1. The normalized spacial score (nSPS) is 18.1. The number of rotatable bonds is 6. The van der Waals surface area contributed by atoms with Gasteiger partial charge in [-0.15, -0.1) is 0 Å².